The summed E-state index contributed by atoms with van der Waals surface area (Å²) in [5.41, 5.74) is 5.54. The number of rotatable bonds is 8. The Labute approximate surface area is 167 Å². The van der Waals surface area contributed by atoms with E-state index in [0.29, 0.717) is 10.6 Å². The summed E-state index contributed by atoms with van der Waals surface area (Å²) in [5.74, 6) is 0. The van der Waals surface area contributed by atoms with Crippen LogP contribution in [0.2, 0.25) is 0 Å². The smallest absolute Gasteiger partial charge is 0.284 e. The van der Waals surface area contributed by atoms with Crippen LogP contribution in [0.1, 0.15) is 22.3 Å². The zero-order valence-corrected chi connectivity index (χ0v) is 17.6. The summed E-state index contributed by atoms with van der Waals surface area (Å²) in [7, 11) is -4.54. The van der Waals surface area contributed by atoms with Crippen molar-refractivity contribution in [3.63, 3.8) is 0 Å². The second-order valence-electron chi connectivity index (χ2n) is 6.18. The van der Waals surface area contributed by atoms with Crippen LogP contribution in [0.4, 0.5) is 11.4 Å². The van der Waals surface area contributed by atoms with Crippen LogP contribution in [0, 0.1) is 27.7 Å². The van der Waals surface area contributed by atoms with Crippen molar-refractivity contribution in [2.75, 3.05) is 13.2 Å². The van der Waals surface area contributed by atoms with E-state index in [2.05, 4.69) is 20.5 Å². The molecule has 0 saturated carbocycles. The summed E-state index contributed by atoms with van der Waals surface area (Å²) in [6.45, 7) is 7.14. The third kappa shape index (κ3) is 6.57. The van der Waals surface area contributed by atoms with Crippen molar-refractivity contribution in [3.8, 4) is 0 Å². The molecular formula is C18H22N2O6S2. The van der Waals surface area contributed by atoms with Crippen molar-refractivity contribution in [2.24, 2.45) is 10.2 Å². The Bertz CT molecular complexity index is 1020. The molecule has 2 rings (SSSR count). The van der Waals surface area contributed by atoms with Crippen LogP contribution in [-0.2, 0) is 29.8 Å². The lowest BCUT2D eigenvalue weighted by Crippen LogP contribution is -2.11. The van der Waals surface area contributed by atoms with Crippen LogP contribution < -0.4 is 0 Å². The first kappa shape index (κ1) is 22.3. The normalized spacial score (nSPS) is 13.2. The highest BCUT2D eigenvalue weighted by Gasteiger charge is 2.09. The molecule has 1 atom stereocenters. The van der Waals surface area contributed by atoms with Gasteiger partial charge in [-0.25, -0.2) is 8.39 Å². The van der Waals surface area contributed by atoms with E-state index in [9.17, 15) is 12.6 Å². The fraction of sp³-hybridized carbons (Fsp3) is 0.333. The molecule has 0 saturated heterocycles. The van der Waals surface area contributed by atoms with Crippen LogP contribution in [0.3, 0.4) is 0 Å². The van der Waals surface area contributed by atoms with Gasteiger partial charge in [-0.05, 0) is 74.2 Å². The summed E-state index contributed by atoms with van der Waals surface area (Å²) < 4.78 is 50.5. The number of hydrogen-bond donors (Lipinski definition) is 1. The minimum atomic E-state index is -4.54. The van der Waals surface area contributed by atoms with Crippen LogP contribution in [0.5, 0.6) is 0 Å². The van der Waals surface area contributed by atoms with E-state index in [1.807, 2.05) is 33.8 Å². The Kier molecular flexibility index (Phi) is 7.55. The fourth-order valence-electron chi connectivity index (χ4n) is 2.32. The quantitative estimate of drug-likeness (QED) is 0.384. The average Bonchev–Trinajstić information content (AvgIpc) is 2.60. The van der Waals surface area contributed by atoms with E-state index in [1.165, 1.54) is 5.56 Å². The molecule has 0 aliphatic heterocycles. The van der Waals surface area contributed by atoms with Gasteiger partial charge in [0.15, 0.2) is 11.1 Å². The van der Waals surface area contributed by atoms with Crippen molar-refractivity contribution in [1.82, 2.24) is 0 Å². The number of azo groups is 1. The summed E-state index contributed by atoms with van der Waals surface area (Å²) >= 11 is -1.81. The second kappa shape index (κ2) is 9.48. The molecule has 1 N–H and O–H groups in total. The topological polar surface area (TPSA) is 115 Å². The number of hydrogen-bond acceptors (Lipinski definition) is 7. The second-order valence-corrected chi connectivity index (χ2v) is 8.45. The van der Waals surface area contributed by atoms with Gasteiger partial charge in [-0.3, -0.25) is 8.74 Å². The standard InChI is InChI=1S/C18H22N2O6S2/c1-12-9-14(3)18(11-13(12)2)20-19-17-6-5-16(10-15(17)4)27(21)25-7-8-26-28(22,23)24/h5-6,9-11H,7-8H2,1-4H3,(H,22,23,24). The molecule has 28 heavy (non-hydrogen) atoms. The van der Waals surface area contributed by atoms with Gasteiger partial charge < -0.3 is 0 Å². The van der Waals surface area contributed by atoms with Crippen LogP contribution in [-0.4, -0.2) is 30.4 Å². The van der Waals surface area contributed by atoms with Gasteiger partial charge in [0.05, 0.1) is 29.5 Å². The molecule has 2 aromatic rings. The van der Waals surface area contributed by atoms with Gasteiger partial charge in [0.25, 0.3) is 0 Å². The first-order valence-electron chi connectivity index (χ1n) is 8.34. The van der Waals surface area contributed by atoms with Gasteiger partial charge in [0.1, 0.15) is 0 Å². The lowest BCUT2D eigenvalue weighted by Gasteiger charge is -2.07. The van der Waals surface area contributed by atoms with Gasteiger partial charge in [-0.1, -0.05) is 6.07 Å². The summed E-state index contributed by atoms with van der Waals surface area (Å²) in [6.07, 6.45) is 0. The maximum Gasteiger partial charge on any atom is 0.397 e. The zero-order valence-electron chi connectivity index (χ0n) is 16.0. The molecule has 1 unspecified atom stereocenters. The Balaban J connectivity index is 2.06. The predicted octanol–water partition coefficient (Wildman–Crippen LogP) is 4.19. The molecule has 0 spiro atoms. The first-order valence-corrected chi connectivity index (χ1v) is 10.8. The number of benzene rings is 2. The maximum atomic E-state index is 12.1. The van der Waals surface area contributed by atoms with Crippen LogP contribution >= 0.6 is 0 Å². The van der Waals surface area contributed by atoms with E-state index in [-0.39, 0.29) is 6.61 Å². The van der Waals surface area contributed by atoms with Gasteiger partial charge in [0, 0.05) is 0 Å². The molecular weight excluding hydrogens is 404 g/mol. The lowest BCUT2D eigenvalue weighted by molar-refractivity contribution is 0.212. The minimum Gasteiger partial charge on any atom is -0.284 e. The third-order valence-electron chi connectivity index (χ3n) is 3.94. The third-order valence-corrected chi connectivity index (χ3v) is 5.43. The van der Waals surface area contributed by atoms with Gasteiger partial charge in [-0.2, -0.15) is 18.6 Å². The minimum absolute atomic E-state index is 0.265. The molecule has 0 radical (unpaired) electrons. The molecule has 0 bridgehead atoms. The SMILES string of the molecule is Cc1cc(C)c(N=Nc2ccc(S(=O)OCCOS(=O)(=O)O)cc2C)cc1C. The van der Waals surface area contributed by atoms with E-state index >= 15 is 0 Å². The molecule has 0 heterocycles. The monoisotopic (exact) mass is 426 g/mol. The lowest BCUT2D eigenvalue weighted by atomic mass is 10.1. The van der Waals surface area contributed by atoms with E-state index < -0.39 is 28.1 Å². The van der Waals surface area contributed by atoms with Crippen molar-refractivity contribution >= 4 is 32.9 Å². The van der Waals surface area contributed by atoms with Gasteiger partial charge in [0.2, 0.25) is 0 Å². The first-order chi connectivity index (χ1) is 13.1. The Morgan fingerprint density at radius 2 is 1.50 bits per heavy atom. The molecule has 0 fully saturated rings. The maximum absolute atomic E-state index is 12.1. The van der Waals surface area contributed by atoms with Crippen LogP contribution in [0.15, 0.2) is 45.5 Å². The highest BCUT2D eigenvalue weighted by molar-refractivity contribution is 7.81. The zero-order chi connectivity index (χ0) is 20.9. The van der Waals surface area contributed by atoms with Crippen LogP contribution in [0.25, 0.3) is 0 Å². The number of nitrogens with zero attached hydrogens (tertiary/aromatic N) is 2. The summed E-state index contributed by atoms with van der Waals surface area (Å²) in [5, 5.41) is 8.60. The Morgan fingerprint density at radius 1 is 0.893 bits per heavy atom. The molecule has 0 aromatic heterocycles. The largest absolute Gasteiger partial charge is 0.397 e. The molecule has 8 nitrogen and oxygen atoms in total. The van der Waals surface area contributed by atoms with Crippen molar-refractivity contribution in [3.05, 3.63) is 52.6 Å². The Hall–Kier alpha value is -1.98. The predicted molar refractivity (Wildman–Crippen MR) is 106 cm³/mol. The highest BCUT2D eigenvalue weighted by atomic mass is 32.3. The van der Waals surface area contributed by atoms with Crippen molar-refractivity contribution < 1.29 is 25.5 Å². The molecule has 10 heteroatoms. The summed E-state index contributed by atoms with van der Waals surface area (Å²) in [4.78, 5) is 0.394. The van der Waals surface area contributed by atoms with E-state index in [1.54, 1.807) is 18.2 Å². The molecule has 0 amide bonds. The van der Waals surface area contributed by atoms with E-state index in [4.69, 9.17) is 8.74 Å². The van der Waals surface area contributed by atoms with E-state index in [0.717, 1.165) is 22.4 Å². The molecule has 2 aromatic carbocycles. The molecule has 152 valence electrons. The van der Waals surface area contributed by atoms with Crippen molar-refractivity contribution in [1.29, 1.82) is 0 Å². The van der Waals surface area contributed by atoms with Gasteiger partial charge in [-0.15, -0.1) is 0 Å². The van der Waals surface area contributed by atoms with Gasteiger partial charge >= 0.3 is 10.4 Å². The molecule has 0 aliphatic rings. The highest BCUT2D eigenvalue weighted by Crippen LogP contribution is 2.27. The average molecular weight is 427 g/mol. The summed E-state index contributed by atoms with van der Waals surface area (Å²) in [6, 6.07) is 8.97. The molecule has 0 aliphatic carbocycles. The van der Waals surface area contributed by atoms with Crippen molar-refractivity contribution in [2.45, 2.75) is 32.6 Å². The number of aryl methyl sites for hydroxylation is 4. The fourth-order valence-corrected chi connectivity index (χ4v) is 3.41. The Morgan fingerprint density at radius 3 is 2.14 bits per heavy atom.